The molecule has 6 heteroatoms. The van der Waals surface area contributed by atoms with Crippen LogP contribution in [0.1, 0.15) is 29.9 Å². The normalized spacial score (nSPS) is 12.0. The maximum atomic E-state index is 5.60. The van der Waals surface area contributed by atoms with E-state index >= 15 is 0 Å². The predicted molar refractivity (Wildman–Crippen MR) is 143 cm³/mol. The van der Waals surface area contributed by atoms with Crippen molar-refractivity contribution < 1.29 is 4.42 Å². The average Bonchev–Trinajstić information content (AvgIpc) is 3.24. The van der Waals surface area contributed by atoms with Crippen LogP contribution in [0.5, 0.6) is 0 Å². The monoisotopic (exact) mass is 463 g/mol. The quantitative estimate of drug-likeness (QED) is 0.298. The summed E-state index contributed by atoms with van der Waals surface area (Å²) >= 11 is 0. The third-order valence-corrected chi connectivity index (χ3v) is 6.19. The van der Waals surface area contributed by atoms with Crippen LogP contribution in [-0.4, -0.2) is 29.0 Å². The fourth-order valence-electron chi connectivity index (χ4n) is 4.22. The van der Waals surface area contributed by atoms with Crippen LogP contribution in [0.4, 0.5) is 11.6 Å². The van der Waals surface area contributed by atoms with Gasteiger partial charge in [-0.3, -0.25) is 0 Å². The summed E-state index contributed by atoms with van der Waals surface area (Å²) in [4.78, 5) is 15.9. The number of nitrogens with zero attached hydrogens (tertiary/aromatic N) is 4. The minimum Gasteiger partial charge on any atom is -0.464 e. The van der Waals surface area contributed by atoms with Gasteiger partial charge in [0.2, 0.25) is 0 Å². The summed E-state index contributed by atoms with van der Waals surface area (Å²) in [6.45, 7) is 6.12. The molecule has 0 amide bonds. The first kappa shape index (κ1) is 22.6. The topological polar surface area (TPSA) is 67.1 Å². The Hall–Kier alpha value is -4.19. The number of fused-ring (bicyclic) bond motifs is 1. The van der Waals surface area contributed by atoms with Crippen LogP contribution in [0.15, 0.2) is 77.5 Å². The van der Waals surface area contributed by atoms with Crippen molar-refractivity contribution in [2.45, 2.75) is 26.8 Å². The molecule has 0 spiro atoms. The molecule has 0 fully saturated rings. The van der Waals surface area contributed by atoms with Gasteiger partial charge in [0.05, 0.1) is 12.0 Å². The minimum atomic E-state index is 0.0599. The van der Waals surface area contributed by atoms with Crippen LogP contribution in [-0.2, 0) is 0 Å². The SMILES string of the molecule is Cc1nc(NC(C)c2cccc(-c3ccc(N(C)C)nc3)c2)cc(-c2ccc3occ(C)c3c2)n1. The van der Waals surface area contributed by atoms with Crippen molar-refractivity contribution in [1.29, 1.82) is 0 Å². The van der Waals surface area contributed by atoms with Crippen molar-refractivity contribution in [2.75, 3.05) is 24.3 Å². The molecule has 0 radical (unpaired) electrons. The molecule has 5 aromatic rings. The van der Waals surface area contributed by atoms with Gasteiger partial charge in [-0.25, -0.2) is 15.0 Å². The highest BCUT2D eigenvalue weighted by Crippen LogP contribution is 2.29. The van der Waals surface area contributed by atoms with Crippen LogP contribution in [0.3, 0.4) is 0 Å². The van der Waals surface area contributed by atoms with Gasteiger partial charge in [0.1, 0.15) is 23.0 Å². The number of anilines is 2. The third kappa shape index (κ3) is 4.73. The second-order valence-electron chi connectivity index (χ2n) is 9.11. The molecular weight excluding hydrogens is 434 g/mol. The minimum absolute atomic E-state index is 0.0599. The van der Waals surface area contributed by atoms with Gasteiger partial charge in [-0.2, -0.15) is 0 Å². The predicted octanol–water partition coefficient (Wildman–Crippen LogP) is 6.81. The van der Waals surface area contributed by atoms with Crippen LogP contribution >= 0.6 is 0 Å². The summed E-state index contributed by atoms with van der Waals surface area (Å²) in [6.07, 6.45) is 3.71. The zero-order valence-electron chi connectivity index (χ0n) is 20.7. The number of hydrogen-bond acceptors (Lipinski definition) is 6. The highest BCUT2D eigenvalue weighted by atomic mass is 16.3. The first-order valence-corrected chi connectivity index (χ1v) is 11.7. The second-order valence-corrected chi connectivity index (χ2v) is 9.11. The Kier molecular flexibility index (Phi) is 5.95. The molecular formula is C29H29N5O. The van der Waals surface area contributed by atoms with Crippen molar-refractivity contribution in [3.63, 3.8) is 0 Å². The summed E-state index contributed by atoms with van der Waals surface area (Å²) in [6, 6.07) is 20.9. The molecule has 0 aliphatic heterocycles. The maximum Gasteiger partial charge on any atom is 0.134 e. The Bertz CT molecular complexity index is 1490. The van der Waals surface area contributed by atoms with E-state index in [-0.39, 0.29) is 6.04 Å². The van der Waals surface area contributed by atoms with Crippen LogP contribution < -0.4 is 10.2 Å². The zero-order chi connectivity index (χ0) is 24.5. The van der Waals surface area contributed by atoms with Gasteiger partial charge in [0.15, 0.2) is 0 Å². The van der Waals surface area contributed by atoms with Crippen LogP contribution in [0, 0.1) is 13.8 Å². The zero-order valence-corrected chi connectivity index (χ0v) is 20.7. The van der Waals surface area contributed by atoms with Crippen molar-refractivity contribution in [3.05, 3.63) is 90.1 Å². The Morgan fingerprint density at radius 1 is 0.886 bits per heavy atom. The summed E-state index contributed by atoms with van der Waals surface area (Å²) < 4.78 is 5.60. The fourth-order valence-corrected chi connectivity index (χ4v) is 4.22. The first-order valence-electron chi connectivity index (χ1n) is 11.7. The number of rotatable bonds is 6. The number of nitrogens with one attached hydrogen (secondary N) is 1. The maximum absolute atomic E-state index is 5.60. The third-order valence-electron chi connectivity index (χ3n) is 6.19. The van der Waals surface area contributed by atoms with E-state index in [1.807, 2.05) is 56.4 Å². The lowest BCUT2D eigenvalue weighted by Crippen LogP contribution is -2.10. The molecule has 3 heterocycles. The molecule has 2 aromatic carbocycles. The van der Waals surface area contributed by atoms with Gasteiger partial charge in [-0.15, -0.1) is 0 Å². The Morgan fingerprint density at radius 2 is 1.71 bits per heavy atom. The first-order chi connectivity index (χ1) is 16.9. The number of benzene rings is 2. The Labute approximate surface area is 205 Å². The summed E-state index contributed by atoms with van der Waals surface area (Å²) in [5.41, 5.74) is 7.33. The van der Waals surface area contributed by atoms with Crippen molar-refractivity contribution >= 4 is 22.6 Å². The molecule has 3 aromatic heterocycles. The van der Waals surface area contributed by atoms with Crippen molar-refractivity contribution in [1.82, 2.24) is 15.0 Å². The van der Waals surface area contributed by atoms with Crippen LogP contribution in [0.2, 0.25) is 0 Å². The molecule has 0 bridgehead atoms. The molecule has 35 heavy (non-hydrogen) atoms. The lowest BCUT2D eigenvalue weighted by molar-refractivity contribution is 0.613. The van der Waals surface area contributed by atoms with E-state index in [1.54, 1.807) is 6.26 Å². The van der Waals surface area contributed by atoms with Crippen molar-refractivity contribution in [3.8, 4) is 22.4 Å². The van der Waals surface area contributed by atoms with E-state index in [4.69, 9.17) is 4.42 Å². The largest absolute Gasteiger partial charge is 0.464 e. The van der Waals surface area contributed by atoms with E-state index < -0.39 is 0 Å². The Morgan fingerprint density at radius 3 is 2.49 bits per heavy atom. The number of pyridine rings is 1. The lowest BCUT2D eigenvalue weighted by atomic mass is 10.0. The molecule has 0 saturated heterocycles. The molecule has 6 nitrogen and oxygen atoms in total. The number of furan rings is 1. The van der Waals surface area contributed by atoms with Crippen molar-refractivity contribution in [2.24, 2.45) is 0 Å². The van der Waals surface area contributed by atoms with Gasteiger partial charge >= 0.3 is 0 Å². The molecule has 1 N–H and O–H groups in total. The standard InChI is InChI=1S/C29H29N5O/c1-18-17-35-27-11-9-23(14-25(18)27)26-15-28(33-20(3)32-26)31-19(2)21-7-6-8-22(13-21)24-10-12-29(30-16-24)34(4)5/h6-17,19H,1-5H3,(H,31,32,33). The average molecular weight is 464 g/mol. The molecule has 5 rings (SSSR count). The summed E-state index contributed by atoms with van der Waals surface area (Å²) in [5, 5.41) is 4.67. The molecule has 176 valence electrons. The highest BCUT2D eigenvalue weighted by Gasteiger charge is 2.12. The molecule has 1 unspecified atom stereocenters. The molecule has 0 saturated carbocycles. The smallest absolute Gasteiger partial charge is 0.134 e. The van der Waals surface area contributed by atoms with Gasteiger partial charge in [-0.05, 0) is 73.9 Å². The second kappa shape index (κ2) is 9.22. The molecule has 1 atom stereocenters. The van der Waals surface area contributed by atoms with E-state index in [0.29, 0.717) is 0 Å². The number of aromatic nitrogens is 3. The number of aryl methyl sites for hydroxylation is 2. The van der Waals surface area contributed by atoms with Gasteiger partial charge in [0.25, 0.3) is 0 Å². The summed E-state index contributed by atoms with van der Waals surface area (Å²) in [7, 11) is 3.99. The van der Waals surface area contributed by atoms with E-state index in [0.717, 1.165) is 56.4 Å². The van der Waals surface area contributed by atoms with E-state index in [2.05, 4.69) is 70.5 Å². The van der Waals surface area contributed by atoms with Gasteiger partial charge < -0.3 is 14.6 Å². The van der Waals surface area contributed by atoms with Gasteiger partial charge in [-0.1, -0.05) is 18.2 Å². The lowest BCUT2D eigenvalue weighted by Gasteiger charge is -2.17. The summed E-state index contributed by atoms with van der Waals surface area (Å²) in [5.74, 6) is 2.46. The fraction of sp³-hybridized carbons (Fsp3) is 0.207. The molecule has 0 aliphatic rings. The molecule has 0 aliphatic carbocycles. The van der Waals surface area contributed by atoms with E-state index in [9.17, 15) is 0 Å². The van der Waals surface area contributed by atoms with Crippen LogP contribution in [0.25, 0.3) is 33.4 Å². The Balaban J connectivity index is 1.40. The van der Waals surface area contributed by atoms with E-state index in [1.165, 1.54) is 5.56 Å². The van der Waals surface area contributed by atoms with Gasteiger partial charge in [0, 0.05) is 48.9 Å². The number of hydrogen-bond donors (Lipinski definition) is 1. The highest BCUT2D eigenvalue weighted by molar-refractivity contribution is 5.85.